The van der Waals surface area contributed by atoms with Crippen LogP contribution in [0.5, 0.6) is 0 Å². The van der Waals surface area contributed by atoms with Crippen molar-refractivity contribution < 1.29 is 118 Å². The number of β-amino-alcohol motifs (C(OH)–C–C–N with tert-alkyl or cyclic N) is 1. The molecule has 2 N–H and O–H groups in total. The molecule has 18 heteroatoms. The van der Waals surface area contributed by atoms with E-state index in [1.54, 1.807) is 17.0 Å². The summed E-state index contributed by atoms with van der Waals surface area (Å²) in [5, 5.41) is 35.6. The number of aliphatic hydroxyl groups excluding tert-OH is 1. The van der Waals surface area contributed by atoms with Crippen LogP contribution < -0.4 is 54.9 Å². The summed E-state index contributed by atoms with van der Waals surface area (Å²) >= 11 is 0. The van der Waals surface area contributed by atoms with Gasteiger partial charge in [-0.05, 0) is 5.56 Å². The van der Waals surface area contributed by atoms with Crippen molar-refractivity contribution in [1.82, 2.24) is 24.9 Å². The Morgan fingerprint density at radius 2 is 1.31 bits per heavy atom. The van der Waals surface area contributed by atoms with Crippen molar-refractivity contribution in [3.8, 4) is 0 Å². The van der Waals surface area contributed by atoms with Crippen LogP contribution in [0.4, 0.5) is 4.79 Å². The fourth-order valence-corrected chi connectivity index (χ4v) is 4.94. The number of carbonyl (C=O) groups excluding carboxylic acids is 3. The van der Waals surface area contributed by atoms with E-state index >= 15 is 0 Å². The summed E-state index contributed by atoms with van der Waals surface area (Å²) < 4.78 is 16.5. The summed E-state index contributed by atoms with van der Waals surface area (Å²) in [5.74, 6) is -2.66. The molecule has 0 aromatic heterocycles. The molecule has 42 heavy (non-hydrogen) atoms. The number of nitrogens with zero attached hydrogens (tertiary/aromatic N) is 4. The number of hydrogen-bond donors (Lipinski definition) is 2. The van der Waals surface area contributed by atoms with Crippen LogP contribution in [-0.4, -0.2) is 134 Å². The van der Waals surface area contributed by atoms with E-state index in [2.05, 4.69) is 5.32 Å². The number of nitrogens with one attached hydrogen (secondary N) is 1. The fourth-order valence-electron chi connectivity index (χ4n) is 4.17. The second-order valence-electron chi connectivity index (χ2n) is 9.56. The standard InChI is InChI=1S/C24H40N5O10P.Gd.Na/c30-21(14-25-24(35)39-18-20-4-2-1-3-5-20)15-26-6-8-27(16-22(31)32)10-12-29(19-40(36,37)38)13-11-28(9-7-26)17-23(33)34;;/h1-5,21,30H,6-19H2,(H,25,35)(H,31,32)(H,33,34)(H2,36,37,38);;/q;+3;+1/p-4. The summed E-state index contributed by atoms with van der Waals surface area (Å²) in [6.07, 6.45) is -2.49. The second kappa shape index (κ2) is 22.2. The molecule has 1 aliphatic rings. The summed E-state index contributed by atoms with van der Waals surface area (Å²) in [4.78, 5) is 63.5. The Balaban J connectivity index is 0.00000840. The third-order valence-corrected chi connectivity index (χ3v) is 6.92. The van der Waals surface area contributed by atoms with E-state index in [0.717, 1.165) is 5.56 Å². The maximum absolute atomic E-state index is 12.0. The maximum atomic E-state index is 12.0. The number of carboxylic acids is 2. The van der Waals surface area contributed by atoms with Gasteiger partial charge in [-0.15, -0.1) is 0 Å². The summed E-state index contributed by atoms with van der Waals surface area (Å²) in [6, 6.07) is 9.07. The molecule has 231 valence electrons. The maximum Gasteiger partial charge on any atom is 3.00 e. The first-order valence-electron chi connectivity index (χ1n) is 12.8. The minimum atomic E-state index is -4.91. The predicted octanol–water partition coefficient (Wildman–Crippen LogP) is -8.13. The molecule has 1 heterocycles. The molecular weight excluding hydrogens is 730 g/mol. The Kier molecular flexibility index (Phi) is 22.1. The molecule has 1 unspecified atom stereocenters. The van der Waals surface area contributed by atoms with Gasteiger partial charge in [0.25, 0.3) is 0 Å². The number of aliphatic hydroxyl groups is 1. The fraction of sp³-hybridized carbons (Fsp3) is 0.625. The molecule has 0 bridgehead atoms. The molecule has 1 radical (unpaired) electrons. The van der Waals surface area contributed by atoms with E-state index in [9.17, 15) is 44.1 Å². The van der Waals surface area contributed by atoms with Crippen LogP contribution in [0.2, 0.25) is 0 Å². The Hall–Kier alpha value is -0.295. The van der Waals surface area contributed by atoms with Crippen LogP contribution in [0.3, 0.4) is 0 Å². The SMILES string of the molecule is O=C([O-])CN1CCN(CC(O)CNC(=O)OCc2ccccc2)CCN(CC(=O)[O-])CCN(CP(=O)([O-])[O-])CC1.[Gd+3].[Na+]. The van der Waals surface area contributed by atoms with Gasteiger partial charge >= 0.3 is 75.6 Å². The van der Waals surface area contributed by atoms with Crippen molar-refractivity contribution >= 4 is 25.6 Å². The molecule has 1 aromatic carbocycles. The number of carboxylic acid groups (broad SMARTS) is 2. The number of aliphatic carboxylic acids is 2. The van der Waals surface area contributed by atoms with Crippen LogP contribution in [-0.2, 0) is 25.5 Å². The number of ether oxygens (including phenoxy) is 1. The largest absolute Gasteiger partial charge is 3.00 e. The van der Waals surface area contributed by atoms with E-state index in [1.807, 2.05) is 18.2 Å². The Morgan fingerprint density at radius 3 is 1.76 bits per heavy atom. The number of carbonyl (C=O) groups is 3. The predicted molar refractivity (Wildman–Crippen MR) is 134 cm³/mol. The number of rotatable bonds is 12. The number of hydrogen-bond acceptors (Lipinski definition) is 14. The Labute approximate surface area is 299 Å². The van der Waals surface area contributed by atoms with E-state index in [4.69, 9.17) is 4.74 Å². The van der Waals surface area contributed by atoms with Gasteiger partial charge in [0.05, 0.1) is 18.0 Å². The van der Waals surface area contributed by atoms with Gasteiger partial charge in [-0.1, -0.05) is 37.9 Å². The van der Waals surface area contributed by atoms with Crippen LogP contribution in [0, 0.1) is 39.9 Å². The number of amides is 1. The molecule has 1 fully saturated rings. The Morgan fingerprint density at radius 1 is 0.857 bits per heavy atom. The first-order valence-corrected chi connectivity index (χ1v) is 14.5. The summed E-state index contributed by atoms with van der Waals surface area (Å²) in [5.41, 5.74) is 0.804. The molecule has 1 aliphatic heterocycles. The molecule has 2 rings (SSSR count). The average Bonchev–Trinajstić information content (AvgIpc) is 2.87. The van der Waals surface area contributed by atoms with Gasteiger partial charge in [-0.3, -0.25) is 19.6 Å². The molecule has 0 spiro atoms. The van der Waals surface area contributed by atoms with Gasteiger partial charge in [-0.2, -0.15) is 0 Å². The normalized spacial score (nSPS) is 17.4. The second-order valence-corrected chi connectivity index (χ2v) is 11.1. The monoisotopic (exact) mass is 766 g/mol. The van der Waals surface area contributed by atoms with Crippen molar-refractivity contribution in [2.75, 3.05) is 84.8 Å². The van der Waals surface area contributed by atoms with Crippen molar-refractivity contribution in [3.05, 3.63) is 35.9 Å². The van der Waals surface area contributed by atoms with Crippen LogP contribution in [0.25, 0.3) is 0 Å². The third kappa shape index (κ3) is 19.9. The number of alkyl carbamates (subject to hydrolysis) is 1. The van der Waals surface area contributed by atoms with Crippen molar-refractivity contribution in [2.24, 2.45) is 0 Å². The molecule has 0 saturated carbocycles. The first kappa shape index (κ1) is 41.7. The average molecular weight is 766 g/mol. The Bertz CT molecular complexity index is 964. The van der Waals surface area contributed by atoms with Crippen LogP contribution in [0.1, 0.15) is 5.56 Å². The van der Waals surface area contributed by atoms with E-state index in [1.165, 1.54) is 14.7 Å². The molecule has 1 amide bonds. The number of benzene rings is 1. The topological polar surface area (TPSA) is 215 Å². The van der Waals surface area contributed by atoms with Crippen molar-refractivity contribution in [3.63, 3.8) is 0 Å². The van der Waals surface area contributed by atoms with Gasteiger partial charge in [0.2, 0.25) is 0 Å². The van der Waals surface area contributed by atoms with Gasteiger partial charge in [0.15, 0.2) is 0 Å². The molecule has 15 nitrogen and oxygen atoms in total. The van der Waals surface area contributed by atoms with Gasteiger partial charge in [0.1, 0.15) is 6.61 Å². The summed E-state index contributed by atoms with van der Waals surface area (Å²) in [6.45, 7) is 0.445. The third-order valence-electron chi connectivity index (χ3n) is 6.17. The summed E-state index contributed by atoms with van der Waals surface area (Å²) in [7, 11) is -4.91. The van der Waals surface area contributed by atoms with E-state index in [0.29, 0.717) is 0 Å². The smallest absolute Gasteiger partial charge is 0.810 e. The van der Waals surface area contributed by atoms with Gasteiger partial charge in [-0.25, -0.2) is 4.79 Å². The quantitative estimate of drug-likeness (QED) is 0.149. The van der Waals surface area contributed by atoms with Crippen LogP contribution in [0.15, 0.2) is 30.3 Å². The molecule has 1 atom stereocenters. The molecule has 1 saturated heterocycles. The zero-order valence-corrected chi connectivity index (χ0v) is 28.7. The molecule has 1 aromatic rings. The van der Waals surface area contributed by atoms with E-state index < -0.39 is 51.1 Å². The van der Waals surface area contributed by atoms with Gasteiger partial charge in [0, 0.05) is 84.8 Å². The zero-order chi connectivity index (χ0) is 29.5. The minimum Gasteiger partial charge on any atom is -0.810 e. The zero-order valence-electron chi connectivity index (χ0n) is 23.6. The van der Waals surface area contributed by atoms with Crippen molar-refractivity contribution in [2.45, 2.75) is 12.7 Å². The van der Waals surface area contributed by atoms with Crippen molar-refractivity contribution in [1.29, 1.82) is 0 Å². The minimum absolute atomic E-state index is 0. The van der Waals surface area contributed by atoms with E-state index in [-0.39, 0.29) is 142 Å². The molecule has 0 aliphatic carbocycles. The van der Waals surface area contributed by atoms with Gasteiger partial charge < -0.3 is 49.3 Å². The first-order chi connectivity index (χ1) is 18.9. The van der Waals surface area contributed by atoms with Crippen LogP contribution >= 0.6 is 7.60 Å². The molecular formula is C24H36GdN5NaO10P.